The molecule has 0 aliphatic heterocycles. The fraction of sp³-hybridized carbons (Fsp3) is 0.812. The summed E-state index contributed by atoms with van der Waals surface area (Å²) in [5, 5.41) is 8.32. The Kier molecular flexibility index (Phi) is 3.42. The average molecular weight is 261 g/mol. The van der Waals surface area contributed by atoms with Crippen molar-refractivity contribution in [2.24, 2.45) is 24.3 Å². The minimum absolute atomic E-state index is 0.474. The van der Waals surface area contributed by atoms with Gasteiger partial charge in [-0.1, -0.05) is 20.3 Å². The van der Waals surface area contributed by atoms with Crippen LogP contribution in [0.2, 0.25) is 0 Å². The molecule has 2 fully saturated rings. The Morgan fingerprint density at radius 2 is 2.32 bits per heavy atom. The Labute approximate surface area is 116 Å². The molecule has 2 aliphatic carbocycles. The van der Waals surface area contributed by atoms with E-state index in [0.29, 0.717) is 11.5 Å². The minimum atomic E-state index is 0.474. The molecule has 0 saturated heterocycles. The molecule has 0 aromatic carbocycles. The van der Waals surface area contributed by atoms with Gasteiger partial charge in [0.2, 0.25) is 0 Å². The lowest BCUT2D eigenvalue weighted by molar-refractivity contribution is 0.151. The average Bonchev–Trinajstić information content (AvgIpc) is 3.03. The van der Waals surface area contributed by atoms with Crippen LogP contribution in [0.4, 0.5) is 0 Å². The quantitative estimate of drug-likeness (QED) is 0.883. The molecule has 19 heavy (non-hydrogen) atoms. The van der Waals surface area contributed by atoms with E-state index >= 15 is 0 Å². The molecule has 0 radical (unpaired) electrons. The number of rotatable bonds is 5. The summed E-state index contributed by atoms with van der Waals surface area (Å²) >= 11 is 0. The van der Waals surface area contributed by atoms with Crippen molar-refractivity contribution in [1.29, 1.82) is 0 Å². The molecule has 3 heteroatoms. The number of hydrogen-bond acceptors (Lipinski definition) is 2. The first kappa shape index (κ1) is 13.2. The number of aromatic nitrogens is 2. The highest BCUT2D eigenvalue weighted by molar-refractivity contribution is 5.10. The van der Waals surface area contributed by atoms with Gasteiger partial charge in [-0.05, 0) is 49.0 Å². The molecule has 1 heterocycles. The van der Waals surface area contributed by atoms with E-state index in [4.69, 9.17) is 0 Å². The molecular weight excluding hydrogens is 234 g/mol. The predicted molar refractivity (Wildman–Crippen MR) is 77.9 cm³/mol. The molecule has 1 N–H and O–H groups in total. The van der Waals surface area contributed by atoms with Gasteiger partial charge in [-0.15, -0.1) is 0 Å². The van der Waals surface area contributed by atoms with E-state index in [1.54, 1.807) is 0 Å². The van der Waals surface area contributed by atoms with Crippen molar-refractivity contribution in [1.82, 2.24) is 15.1 Å². The number of nitrogens with zero attached hydrogens (tertiary/aromatic N) is 2. The third-order valence-corrected chi connectivity index (χ3v) is 5.27. The monoisotopic (exact) mass is 261 g/mol. The van der Waals surface area contributed by atoms with E-state index in [-0.39, 0.29) is 0 Å². The first-order valence-corrected chi connectivity index (χ1v) is 7.79. The molecule has 0 amide bonds. The van der Waals surface area contributed by atoms with Gasteiger partial charge in [0, 0.05) is 25.8 Å². The predicted octanol–water partition coefficient (Wildman–Crippen LogP) is 2.77. The Morgan fingerprint density at radius 1 is 1.47 bits per heavy atom. The van der Waals surface area contributed by atoms with E-state index in [1.807, 2.05) is 11.7 Å². The molecule has 3 nitrogen and oxygen atoms in total. The maximum absolute atomic E-state index is 4.62. The summed E-state index contributed by atoms with van der Waals surface area (Å²) in [6.45, 7) is 5.67. The zero-order chi connectivity index (χ0) is 13.5. The molecule has 1 aromatic rings. The molecule has 1 aromatic heterocycles. The Morgan fingerprint density at radius 3 is 2.84 bits per heavy atom. The van der Waals surface area contributed by atoms with Crippen LogP contribution >= 0.6 is 0 Å². The van der Waals surface area contributed by atoms with Crippen LogP contribution in [-0.2, 0) is 13.5 Å². The zero-order valence-electron chi connectivity index (χ0n) is 12.5. The highest BCUT2D eigenvalue weighted by Gasteiger charge is 2.50. The van der Waals surface area contributed by atoms with Gasteiger partial charge < -0.3 is 5.32 Å². The zero-order valence-corrected chi connectivity index (χ0v) is 12.5. The maximum Gasteiger partial charge on any atom is 0.0630 e. The molecule has 3 atom stereocenters. The molecular formula is C16H27N3. The topological polar surface area (TPSA) is 29.9 Å². The SMILES string of the molecule is CC(C)NCC1(Cc2ccn(C)n2)CC2CCC1C2. The molecule has 106 valence electrons. The number of hydrogen-bond donors (Lipinski definition) is 1. The molecule has 2 saturated carbocycles. The molecule has 3 rings (SSSR count). The second-order valence-corrected chi connectivity index (χ2v) is 7.14. The summed E-state index contributed by atoms with van der Waals surface area (Å²) in [4.78, 5) is 0. The van der Waals surface area contributed by atoms with Crippen LogP contribution in [0.15, 0.2) is 12.3 Å². The third kappa shape index (κ3) is 2.58. The van der Waals surface area contributed by atoms with Crippen LogP contribution in [0, 0.1) is 17.3 Å². The summed E-state index contributed by atoms with van der Waals surface area (Å²) in [6.07, 6.45) is 9.02. The lowest BCUT2D eigenvalue weighted by Crippen LogP contribution is -2.42. The summed E-state index contributed by atoms with van der Waals surface area (Å²) in [7, 11) is 2.02. The normalized spacial score (nSPS) is 33.5. The van der Waals surface area contributed by atoms with Crippen molar-refractivity contribution < 1.29 is 0 Å². The smallest absolute Gasteiger partial charge is 0.0630 e. The van der Waals surface area contributed by atoms with Crippen LogP contribution in [0.1, 0.15) is 45.2 Å². The van der Waals surface area contributed by atoms with Crippen LogP contribution in [-0.4, -0.2) is 22.4 Å². The number of fused-ring (bicyclic) bond motifs is 2. The fourth-order valence-electron chi connectivity index (χ4n) is 4.38. The second-order valence-electron chi connectivity index (χ2n) is 7.14. The summed E-state index contributed by atoms with van der Waals surface area (Å²) in [5.74, 6) is 1.91. The largest absolute Gasteiger partial charge is 0.314 e. The van der Waals surface area contributed by atoms with Crippen LogP contribution < -0.4 is 5.32 Å². The van der Waals surface area contributed by atoms with E-state index in [1.165, 1.54) is 37.9 Å². The van der Waals surface area contributed by atoms with Gasteiger partial charge in [0.1, 0.15) is 0 Å². The van der Waals surface area contributed by atoms with Gasteiger partial charge in [-0.3, -0.25) is 4.68 Å². The van der Waals surface area contributed by atoms with Crippen molar-refractivity contribution in [3.63, 3.8) is 0 Å². The van der Waals surface area contributed by atoms with Crippen molar-refractivity contribution >= 4 is 0 Å². The van der Waals surface area contributed by atoms with E-state index in [9.17, 15) is 0 Å². The first-order chi connectivity index (χ1) is 9.07. The van der Waals surface area contributed by atoms with Gasteiger partial charge in [-0.25, -0.2) is 0 Å². The van der Waals surface area contributed by atoms with Crippen molar-refractivity contribution in [3.8, 4) is 0 Å². The van der Waals surface area contributed by atoms with Gasteiger partial charge >= 0.3 is 0 Å². The van der Waals surface area contributed by atoms with Gasteiger partial charge in [0.25, 0.3) is 0 Å². The van der Waals surface area contributed by atoms with E-state index < -0.39 is 0 Å². The van der Waals surface area contributed by atoms with Gasteiger partial charge in [0.05, 0.1) is 5.69 Å². The van der Waals surface area contributed by atoms with Crippen LogP contribution in [0.3, 0.4) is 0 Å². The lowest BCUT2D eigenvalue weighted by atomic mass is 9.70. The van der Waals surface area contributed by atoms with Gasteiger partial charge in [0.15, 0.2) is 0 Å². The molecule has 0 spiro atoms. The van der Waals surface area contributed by atoms with E-state index in [2.05, 4.69) is 36.5 Å². The Hall–Kier alpha value is -0.830. The Bertz CT molecular complexity index is 437. The second kappa shape index (κ2) is 4.93. The summed E-state index contributed by atoms with van der Waals surface area (Å²) in [5.41, 5.74) is 1.75. The molecule has 3 unspecified atom stereocenters. The standard InChI is InChI=1S/C16H27N3/c1-12(2)17-11-16(9-13-4-5-14(16)8-13)10-15-6-7-19(3)18-15/h6-7,12-14,17H,4-5,8-11H2,1-3H3. The maximum atomic E-state index is 4.62. The van der Waals surface area contributed by atoms with Crippen LogP contribution in [0.25, 0.3) is 0 Å². The third-order valence-electron chi connectivity index (χ3n) is 5.27. The highest BCUT2D eigenvalue weighted by atomic mass is 15.2. The van der Waals surface area contributed by atoms with Crippen molar-refractivity contribution in [2.45, 2.75) is 52.0 Å². The Balaban J connectivity index is 1.76. The van der Waals surface area contributed by atoms with Crippen molar-refractivity contribution in [2.75, 3.05) is 6.54 Å². The number of aryl methyl sites for hydroxylation is 1. The summed E-state index contributed by atoms with van der Waals surface area (Å²) < 4.78 is 1.94. The minimum Gasteiger partial charge on any atom is -0.314 e. The fourth-order valence-corrected chi connectivity index (χ4v) is 4.38. The van der Waals surface area contributed by atoms with Gasteiger partial charge in [-0.2, -0.15) is 5.10 Å². The van der Waals surface area contributed by atoms with Crippen LogP contribution in [0.5, 0.6) is 0 Å². The lowest BCUT2D eigenvalue weighted by Gasteiger charge is -2.38. The first-order valence-electron chi connectivity index (χ1n) is 7.79. The molecule has 2 bridgehead atoms. The summed E-state index contributed by atoms with van der Waals surface area (Å²) in [6, 6.07) is 2.78. The molecule has 2 aliphatic rings. The highest BCUT2D eigenvalue weighted by Crippen LogP contribution is 2.56. The number of nitrogens with one attached hydrogen (secondary N) is 1. The van der Waals surface area contributed by atoms with E-state index in [0.717, 1.165) is 18.3 Å². The van der Waals surface area contributed by atoms with Crippen molar-refractivity contribution in [3.05, 3.63) is 18.0 Å².